The third kappa shape index (κ3) is 5.76. The second kappa shape index (κ2) is 10.3. The predicted octanol–water partition coefficient (Wildman–Crippen LogP) is 4.76. The maximum atomic E-state index is 14.4. The van der Waals surface area contributed by atoms with Crippen molar-refractivity contribution >= 4 is 11.6 Å². The number of rotatable bonds is 9. The van der Waals surface area contributed by atoms with Crippen LogP contribution in [0.25, 0.3) is 0 Å². The van der Waals surface area contributed by atoms with Crippen molar-refractivity contribution in [3.63, 3.8) is 0 Å². The predicted molar refractivity (Wildman–Crippen MR) is 110 cm³/mol. The Morgan fingerprint density at radius 2 is 1.73 bits per heavy atom. The van der Waals surface area contributed by atoms with E-state index in [1.165, 1.54) is 11.0 Å². The molecule has 0 bridgehead atoms. The first-order valence-corrected chi connectivity index (χ1v) is 9.58. The molecule has 0 aliphatic carbocycles. The van der Waals surface area contributed by atoms with Crippen LogP contribution in [0.15, 0.2) is 66.9 Å². The van der Waals surface area contributed by atoms with Crippen molar-refractivity contribution in [2.24, 2.45) is 0 Å². The maximum absolute atomic E-state index is 14.4. The molecule has 1 heterocycles. The zero-order valence-electron chi connectivity index (χ0n) is 16.6. The van der Waals surface area contributed by atoms with Gasteiger partial charge < -0.3 is 14.4 Å². The summed E-state index contributed by atoms with van der Waals surface area (Å²) in [4.78, 5) is 18.2. The molecular weight excluding hydrogens is 390 g/mol. The van der Waals surface area contributed by atoms with E-state index >= 15 is 0 Å². The number of ether oxygens (including phenoxy) is 2. The number of aromatic nitrogens is 1. The number of hydrogen-bond donors (Lipinski definition) is 0. The highest BCUT2D eigenvalue weighted by atomic mass is 19.1. The van der Waals surface area contributed by atoms with Gasteiger partial charge in [0.05, 0.1) is 24.5 Å². The number of hydrogen-bond acceptors (Lipinski definition) is 4. The summed E-state index contributed by atoms with van der Waals surface area (Å²) >= 11 is 0. The molecule has 0 fully saturated rings. The van der Waals surface area contributed by atoms with E-state index in [0.717, 1.165) is 18.6 Å². The zero-order valence-corrected chi connectivity index (χ0v) is 16.6. The molecular formula is C23H22F2N2O3. The van der Waals surface area contributed by atoms with Crippen LogP contribution in [0.2, 0.25) is 0 Å². The molecule has 3 rings (SSSR count). The van der Waals surface area contributed by atoms with Crippen molar-refractivity contribution < 1.29 is 23.0 Å². The highest BCUT2D eigenvalue weighted by Gasteiger charge is 2.21. The quantitative estimate of drug-likeness (QED) is 0.509. The van der Waals surface area contributed by atoms with Gasteiger partial charge in [0.1, 0.15) is 23.1 Å². The van der Waals surface area contributed by atoms with Gasteiger partial charge in [0.2, 0.25) is 0 Å². The van der Waals surface area contributed by atoms with E-state index in [-0.39, 0.29) is 18.8 Å². The largest absolute Gasteiger partial charge is 0.494 e. The summed E-state index contributed by atoms with van der Waals surface area (Å²) in [6.45, 7) is 2.34. The molecule has 1 aromatic heterocycles. The van der Waals surface area contributed by atoms with Gasteiger partial charge in [-0.3, -0.25) is 9.78 Å². The van der Waals surface area contributed by atoms with Gasteiger partial charge in [-0.05, 0) is 55.0 Å². The molecule has 30 heavy (non-hydrogen) atoms. The molecule has 0 saturated carbocycles. The van der Waals surface area contributed by atoms with Gasteiger partial charge in [-0.1, -0.05) is 13.0 Å². The molecule has 1 amide bonds. The lowest BCUT2D eigenvalue weighted by atomic mass is 10.2. The fourth-order valence-electron chi connectivity index (χ4n) is 2.74. The van der Waals surface area contributed by atoms with Gasteiger partial charge in [0.25, 0.3) is 5.91 Å². The summed E-state index contributed by atoms with van der Waals surface area (Å²) in [6, 6.07) is 15.2. The normalized spacial score (nSPS) is 10.5. The molecule has 5 nitrogen and oxygen atoms in total. The fraction of sp³-hybridized carbons (Fsp3) is 0.217. The summed E-state index contributed by atoms with van der Waals surface area (Å²) in [5, 5.41) is 0. The highest BCUT2D eigenvalue weighted by Crippen LogP contribution is 2.23. The van der Waals surface area contributed by atoms with Crippen LogP contribution in [0.3, 0.4) is 0 Å². The number of pyridine rings is 1. The van der Waals surface area contributed by atoms with Crippen LogP contribution in [0.5, 0.6) is 11.5 Å². The Hall–Kier alpha value is -3.48. The number of amides is 1. The van der Waals surface area contributed by atoms with E-state index in [0.29, 0.717) is 23.8 Å². The Labute approximate surface area is 173 Å². The summed E-state index contributed by atoms with van der Waals surface area (Å²) in [5.41, 5.74) is 0.519. The summed E-state index contributed by atoms with van der Waals surface area (Å²) < 4.78 is 38.8. The summed E-state index contributed by atoms with van der Waals surface area (Å²) in [5.74, 6) is -0.859. The third-order valence-electron chi connectivity index (χ3n) is 4.21. The van der Waals surface area contributed by atoms with Crippen molar-refractivity contribution in [2.45, 2.75) is 19.9 Å². The van der Waals surface area contributed by atoms with Gasteiger partial charge in [-0.2, -0.15) is 0 Å². The van der Waals surface area contributed by atoms with Crippen LogP contribution in [0, 0.1) is 11.6 Å². The molecule has 0 unspecified atom stereocenters. The molecule has 2 aromatic carbocycles. The minimum Gasteiger partial charge on any atom is -0.494 e. The Kier molecular flexibility index (Phi) is 7.32. The monoisotopic (exact) mass is 412 g/mol. The molecule has 156 valence electrons. The minimum absolute atomic E-state index is 0.0232. The number of anilines is 1. The van der Waals surface area contributed by atoms with Gasteiger partial charge in [-0.25, -0.2) is 8.78 Å². The van der Waals surface area contributed by atoms with Gasteiger partial charge in [0, 0.05) is 12.3 Å². The van der Waals surface area contributed by atoms with Gasteiger partial charge in [-0.15, -0.1) is 0 Å². The summed E-state index contributed by atoms with van der Waals surface area (Å²) in [6.07, 6.45) is 2.48. The molecule has 0 aliphatic heterocycles. The number of benzene rings is 2. The van der Waals surface area contributed by atoms with Crippen LogP contribution in [0.1, 0.15) is 19.0 Å². The first-order chi connectivity index (χ1) is 14.6. The van der Waals surface area contributed by atoms with E-state index < -0.39 is 17.5 Å². The van der Waals surface area contributed by atoms with Crippen molar-refractivity contribution in [2.75, 3.05) is 18.1 Å². The standard InChI is InChI=1S/C23H22F2N2O3/c1-2-13-29-19-7-9-20(10-8-19)30-16-23(28)27(15-18-5-3-4-12-26-18)22-11-6-17(24)14-21(22)25/h3-12,14H,2,13,15-16H2,1H3. The van der Waals surface area contributed by atoms with Crippen molar-refractivity contribution in [1.29, 1.82) is 0 Å². The molecule has 0 aliphatic rings. The van der Waals surface area contributed by atoms with Crippen LogP contribution in [-0.2, 0) is 11.3 Å². The van der Waals surface area contributed by atoms with E-state index in [9.17, 15) is 13.6 Å². The number of carbonyl (C=O) groups is 1. The minimum atomic E-state index is -0.836. The highest BCUT2D eigenvalue weighted by molar-refractivity contribution is 5.94. The van der Waals surface area contributed by atoms with Crippen LogP contribution < -0.4 is 14.4 Å². The Balaban J connectivity index is 1.73. The Bertz CT molecular complexity index is 966. The van der Waals surface area contributed by atoms with Gasteiger partial charge in [0.15, 0.2) is 6.61 Å². The third-order valence-corrected chi connectivity index (χ3v) is 4.21. The number of halogens is 2. The van der Waals surface area contributed by atoms with Crippen LogP contribution in [-0.4, -0.2) is 24.1 Å². The molecule has 0 radical (unpaired) electrons. The SMILES string of the molecule is CCCOc1ccc(OCC(=O)N(Cc2ccccn2)c2ccc(F)cc2F)cc1. The number of carbonyl (C=O) groups excluding carboxylic acids is 1. The number of nitrogens with zero attached hydrogens (tertiary/aromatic N) is 2. The van der Waals surface area contributed by atoms with Crippen molar-refractivity contribution in [3.05, 3.63) is 84.2 Å². The van der Waals surface area contributed by atoms with Crippen LogP contribution >= 0.6 is 0 Å². The molecule has 0 atom stereocenters. The van der Waals surface area contributed by atoms with E-state index in [2.05, 4.69) is 4.98 Å². The van der Waals surface area contributed by atoms with Crippen LogP contribution in [0.4, 0.5) is 14.5 Å². The fourth-order valence-corrected chi connectivity index (χ4v) is 2.74. The molecule has 3 aromatic rings. The van der Waals surface area contributed by atoms with E-state index in [1.54, 1.807) is 48.7 Å². The van der Waals surface area contributed by atoms with E-state index in [4.69, 9.17) is 9.47 Å². The lowest BCUT2D eigenvalue weighted by Gasteiger charge is -2.23. The van der Waals surface area contributed by atoms with Crippen molar-refractivity contribution in [1.82, 2.24) is 4.98 Å². The first kappa shape index (κ1) is 21.2. The van der Waals surface area contributed by atoms with Crippen molar-refractivity contribution in [3.8, 4) is 11.5 Å². The lowest BCUT2D eigenvalue weighted by Crippen LogP contribution is -2.35. The zero-order chi connectivity index (χ0) is 21.3. The van der Waals surface area contributed by atoms with E-state index in [1.807, 2.05) is 6.92 Å². The molecule has 0 spiro atoms. The maximum Gasteiger partial charge on any atom is 0.265 e. The molecule has 7 heteroatoms. The summed E-state index contributed by atoms with van der Waals surface area (Å²) in [7, 11) is 0. The first-order valence-electron chi connectivity index (χ1n) is 9.58. The molecule has 0 saturated heterocycles. The van der Waals surface area contributed by atoms with Gasteiger partial charge >= 0.3 is 0 Å². The lowest BCUT2D eigenvalue weighted by molar-refractivity contribution is -0.120. The topological polar surface area (TPSA) is 51.7 Å². The average Bonchev–Trinajstić information content (AvgIpc) is 2.76. The second-order valence-electron chi connectivity index (χ2n) is 6.51. The Morgan fingerprint density at radius 1 is 1.00 bits per heavy atom. The smallest absolute Gasteiger partial charge is 0.265 e. The molecule has 0 N–H and O–H groups in total. The second-order valence-corrected chi connectivity index (χ2v) is 6.51. The Morgan fingerprint density at radius 3 is 2.37 bits per heavy atom. The average molecular weight is 412 g/mol.